The van der Waals surface area contributed by atoms with E-state index in [4.69, 9.17) is 15.2 Å². The molecule has 1 saturated carbocycles. The van der Waals surface area contributed by atoms with Crippen LogP contribution in [0.3, 0.4) is 0 Å². The van der Waals surface area contributed by atoms with Crippen molar-refractivity contribution in [2.24, 2.45) is 11.7 Å². The average molecular weight is 298 g/mol. The van der Waals surface area contributed by atoms with Crippen molar-refractivity contribution in [2.75, 3.05) is 13.7 Å². The van der Waals surface area contributed by atoms with Crippen molar-refractivity contribution in [1.82, 2.24) is 4.72 Å². The summed E-state index contributed by atoms with van der Waals surface area (Å²) >= 11 is 0. The molecule has 1 aromatic carbocycles. The summed E-state index contributed by atoms with van der Waals surface area (Å²) in [5.41, 5.74) is 6.01. The third-order valence-electron chi connectivity index (χ3n) is 4.11. The molecule has 110 valence electrons. The monoisotopic (exact) mass is 298 g/mol. The number of nitrogens with one attached hydrogen (secondary N) is 1. The number of nitrogens with two attached hydrogens (primary N) is 1. The van der Waals surface area contributed by atoms with E-state index in [1.54, 1.807) is 12.1 Å². The maximum absolute atomic E-state index is 12.3. The highest BCUT2D eigenvalue weighted by molar-refractivity contribution is 7.89. The smallest absolute Gasteiger partial charge is 0.240 e. The van der Waals surface area contributed by atoms with Crippen LogP contribution >= 0.6 is 0 Å². The van der Waals surface area contributed by atoms with Gasteiger partial charge in [0.1, 0.15) is 5.75 Å². The van der Waals surface area contributed by atoms with E-state index >= 15 is 0 Å². The number of hydrogen-bond donors (Lipinski definition) is 2. The Morgan fingerprint density at radius 2 is 2.05 bits per heavy atom. The molecule has 1 heterocycles. The minimum absolute atomic E-state index is 0.0852. The van der Waals surface area contributed by atoms with Gasteiger partial charge in [0.25, 0.3) is 0 Å². The zero-order valence-electron chi connectivity index (χ0n) is 11.2. The van der Waals surface area contributed by atoms with Crippen LogP contribution < -0.4 is 15.2 Å². The number of ether oxygens (including phenoxy) is 2. The van der Waals surface area contributed by atoms with Gasteiger partial charge in [-0.25, -0.2) is 13.1 Å². The Balaban J connectivity index is 1.75. The fourth-order valence-electron chi connectivity index (χ4n) is 2.90. The molecule has 6 nitrogen and oxygen atoms in total. The first kappa shape index (κ1) is 13.8. The highest BCUT2D eigenvalue weighted by Gasteiger charge is 2.53. The first-order valence-corrected chi connectivity index (χ1v) is 8.05. The highest BCUT2D eigenvalue weighted by atomic mass is 32.2. The summed E-state index contributed by atoms with van der Waals surface area (Å²) in [5.74, 6) is 0.891. The summed E-state index contributed by atoms with van der Waals surface area (Å²) in [6, 6.07) is 5.75. The van der Waals surface area contributed by atoms with E-state index in [9.17, 15) is 8.42 Å². The molecule has 0 radical (unpaired) electrons. The van der Waals surface area contributed by atoms with Crippen LogP contribution in [-0.2, 0) is 14.8 Å². The van der Waals surface area contributed by atoms with Gasteiger partial charge in [-0.1, -0.05) is 0 Å². The molecular formula is C13H18N2O4S. The molecule has 3 N–H and O–H groups in total. The van der Waals surface area contributed by atoms with Gasteiger partial charge in [0, 0.05) is 18.6 Å². The third kappa shape index (κ3) is 2.20. The molecule has 1 aliphatic heterocycles. The average Bonchev–Trinajstić information content (AvgIpc) is 2.90. The second-order valence-electron chi connectivity index (χ2n) is 5.19. The normalized spacial score (nSPS) is 32.5. The van der Waals surface area contributed by atoms with Gasteiger partial charge < -0.3 is 15.2 Å². The first-order chi connectivity index (χ1) is 9.53. The lowest BCUT2D eigenvalue weighted by Gasteiger charge is -2.45. The van der Waals surface area contributed by atoms with Crippen molar-refractivity contribution in [3.05, 3.63) is 24.3 Å². The van der Waals surface area contributed by atoms with Crippen molar-refractivity contribution < 1.29 is 17.9 Å². The Labute approximate surface area is 118 Å². The van der Waals surface area contributed by atoms with Crippen molar-refractivity contribution in [3.63, 3.8) is 0 Å². The van der Waals surface area contributed by atoms with Gasteiger partial charge in [-0.15, -0.1) is 0 Å². The summed E-state index contributed by atoms with van der Waals surface area (Å²) < 4.78 is 37.8. The van der Waals surface area contributed by atoms with Crippen molar-refractivity contribution >= 4 is 10.0 Å². The zero-order chi connectivity index (χ0) is 14.3. The predicted molar refractivity (Wildman–Crippen MR) is 72.9 cm³/mol. The van der Waals surface area contributed by atoms with Gasteiger partial charge in [0.2, 0.25) is 10.0 Å². The molecule has 2 aliphatic rings. The van der Waals surface area contributed by atoms with E-state index in [-0.39, 0.29) is 29.0 Å². The predicted octanol–water partition coefficient (Wildman–Crippen LogP) is 0.0881. The molecule has 0 spiro atoms. The van der Waals surface area contributed by atoms with E-state index in [1.807, 2.05) is 0 Å². The molecule has 7 heteroatoms. The minimum Gasteiger partial charge on any atom is -0.497 e. The highest BCUT2D eigenvalue weighted by Crippen LogP contribution is 2.38. The molecule has 0 aromatic heterocycles. The van der Waals surface area contributed by atoms with Crippen LogP contribution in [0.25, 0.3) is 0 Å². The molecule has 3 rings (SSSR count). The Hall–Kier alpha value is -1.15. The summed E-state index contributed by atoms with van der Waals surface area (Å²) in [6.45, 7) is 0.657. The van der Waals surface area contributed by atoms with Gasteiger partial charge in [0.15, 0.2) is 0 Å². The molecule has 1 aliphatic carbocycles. The number of sulfonamides is 1. The fraction of sp³-hybridized carbons (Fsp3) is 0.538. The van der Waals surface area contributed by atoms with Gasteiger partial charge in [0.05, 0.1) is 24.2 Å². The van der Waals surface area contributed by atoms with Gasteiger partial charge in [-0.3, -0.25) is 0 Å². The summed E-state index contributed by atoms with van der Waals surface area (Å²) in [4.78, 5) is 0.201. The molecule has 4 atom stereocenters. The Morgan fingerprint density at radius 3 is 2.70 bits per heavy atom. The van der Waals surface area contributed by atoms with E-state index < -0.39 is 10.0 Å². The first-order valence-electron chi connectivity index (χ1n) is 6.56. The zero-order valence-corrected chi connectivity index (χ0v) is 12.0. The largest absolute Gasteiger partial charge is 0.497 e. The fourth-order valence-corrected chi connectivity index (χ4v) is 4.18. The Kier molecular flexibility index (Phi) is 3.45. The second kappa shape index (κ2) is 5.00. The lowest BCUT2D eigenvalue weighted by atomic mass is 9.73. The lowest BCUT2D eigenvalue weighted by Crippen LogP contribution is -2.68. The lowest BCUT2D eigenvalue weighted by molar-refractivity contribution is -0.00924. The quantitative estimate of drug-likeness (QED) is 0.822. The van der Waals surface area contributed by atoms with E-state index in [1.165, 1.54) is 19.2 Å². The number of methoxy groups -OCH3 is 1. The van der Waals surface area contributed by atoms with Crippen LogP contribution in [0, 0.1) is 5.92 Å². The van der Waals surface area contributed by atoms with E-state index in [0.29, 0.717) is 12.4 Å². The van der Waals surface area contributed by atoms with Gasteiger partial charge in [-0.05, 0) is 30.7 Å². The summed E-state index contributed by atoms with van der Waals surface area (Å²) in [6.07, 6.45) is 0.824. The van der Waals surface area contributed by atoms with E-state index in [0.717, 1.165) is 6.42 Å². The summed E-state index contributed by atoms with van der Waals surface area (Å²) in [5, 5.41) is 0. The van der Waals surface area contributed by atoms with Crippen LogP contribution in [0.1, 0.15) is 6.42 Å². The van der Waals surface area contributed by atoms with Crippen LogP contribution in [-0.4, -0.2) is 40.3 Å². The maximum atomic E-state index is 12.3. The molecule has 20 heavy (non-hydrogen) atoms. The summed E-state index contributed by atoms with van der Waals surface area (Å²) in [7, 11) is -2.05. The topological polar surface area (TPSA) is 90.7 Å². The van der Waals surface area contributed by atoms with Gasteiger partial charge in [-0.2, -0.15) is 0 Å². The Morgan fingerprint density at radius 1 is 1.35 bits per heavy atom. The molecular weight excluding hydrogens is 280 g/mol. The number of rotatable bonds is 4. The van der Waals surface area contributed by atoms with Crippen LogP contribution in [0.4, 0.5) is 0 Å². The van der Waals surface area contributed by atoms with Crippen molar-refractivity contribution in [2.45, 2.75) is 29.5 Å². The number of hydrogen-bond acceptors (Lipinski definition) is 5. The number of fused-ring (bicyclic) bond motifs is 1. The molecule has 2 fully saturated rings. The third-order valence-corrected chi connectivity index (χ3v) is 5.58. The second-order valence-corrected chi connectivity index (χ2v) is 6.90. The standard InChI is InChI=1S/C13H18N2O4S/c1-18-8-2-4-9(5-3-8)20(16,17)15-12-11(14)10-6-7-19-13(10)12/h2-5,10-13,15H,6-7,14H2,1H3. The molecule has 1 aromatic rings. The van der Waals surface area contributed by atoms with Crippen molar-refractivity contribution in [1.29, 1.82) is 0 Å². The molecule has 4 unspecified atom stereocenters. The minimum atomic E-state index is -3.58. The molecule has 1 saturated heterocycles. The SMILES string of the molecule is COc1ccc(S(=O)(=O)NC2C(N)C3CCOC32)cc1. The molecule has 0 amide bonds. The van der Waals surface area contributed by atoms with Crippen LogP contribution in [0.15, 0.2) is 29.2 Å². The number of benzene rings is 1. The Bertz CT molecular complexity index is 587. The van der Waals surface area contributed by atoms with E-state index in [2.05, 4.69) is 4.72 Å². The van der Waals surface area contributed by atoms with Crippen molar-refractivity contribution in [3.8, 4) is 5.75 Å². The maximum Gasteiger partial charge on any atom is 0.240 e. The molecule has 0 bridgehead atoms. The van der Waals surface area contributed by atoms with Crippen LogP contribution in [0.5, 0.6) is 5.75 Å². The van der Waals surface area contributed by atoms with Gasteiger partial charge >= 0.3 is 0 Å². The van der Waals surface area contributed by atoms with Crippen LogP contribution in [0.2, 0.25) is 0 Å².